The lowest BCUT2D eigenvalue weighted by Crippen LogP contribution is -2.62. The Morgan fingerprint density at radius 1 is 1.18 bits per heavy atom. The molecule has 2 aromatic rings. The summed E-state index contributed by atoms with van der Waals surface area (Å²) in [4.78, 5) is 39.9. The van der Waals surface area contributed by atoms with Crippen molar-refractivity contribution in [2.75, 3.05) is 26.7 Å². The van der Waals surface area contributed by atoms with Gasteiger partial charge in [-0.15, -0.1) is 11.3 Å². The molecule has 3 aliphatic heterocycles. The van der Waals surface area contributed by atoms with Crippen molar-refractivity contribution < 1.29 is 27.5 Å². The summed E-state index contributed by atoms with van der Waals surface area (Å²) in [6.45, 7) is 0.743. The normalized spacial score (nSPS) is 23.7. The van der Waals surface area contributed by atoms with Crippen LogP contribution in [0, 0.1) is 5.92 Å². The Kier molecular flexibility index (Phi) is 5.61. The number of ether oxygens (including phenoxy) is 1. The molecule has 2 saturated heterocycles. The summed E-state index contributed by atoms with van der Waals surface area (Å²) in [6.07, 6.45) is 0.752. The van der Waals surface area contributed by atoms with Gasteiger partial charge in [0.1, 0.15) is 15.5 Å². The van der Waals surface area contributed by atoms with Gasteiger partial charge in [-0.2, -0.15) is 4.31 Å². The number of benzene rings is 1. The lowest BCUT2D eigenvalue weighted by Gasteiger charge is -2.41. The van der Waals surface area contributed by atoms with Gasteiger partial charge in [-0.3, -0.25) is 14.9 Å². The van der Waals surface area contributed by atoms with Crippen LogP contribution in [0.1, 0.15) is 28.8 Å². The summed E-state index contributed by atoms with van der Waals surface area (Å²) in [5.74, 6) is -0.406. The molecule has 180 valence electrons. The van der Waals surface area contributed by atoms with Crippen molar-refractivity contribution in [3.8, 4) is 5.75 Å². The molecule has 2 N–H and O–H groups in total. The largest absolute Gasteiger partial charge is 0.497 e. The average molecular weight is 505 g/mol. The van der Waals surface area contributed by atoms with Crippen molar-refractivity contribution in [2.24, 2.45) is 5.92 Å². The fraction of sp³-hybridized carbons (Fsp3) is 0.409. The van der Waals surface area contributed by atoms with Crippen molar-refractivity contribution >= 4 is 39.2 Å². The van der Waals surface area contributed by atoms with Gasteiger partial charge in [0.15, 0.2) is 0 Å². The van der Waals surface area contributed by atoms with E-state index >= 15 is 0 Å². The van der Waals surface area contributed by atoms with E-state index in [0.29, 0.717) is 30.7 Å². The van der Waals surface area contributed by atoms with E-state index in [1.807, 2.05) is 0 Å². The first-order valence-corrected chi connectivity index (χ1v) is 13.2. The molecule has 34 heavy (non-hydrogen) atoms. The Hall–Kier alpha value is -2.96. The number of nitrogens with one attached hydrogen (secondary N) is 2. The number of urea groups is 1. The van der Waals surface area contributed by atoms with Gasteiger partial charge in [-0.1, -0.05) is 6.07 Å². The van der Waals surface area contributed by atoms with Crippen molar-refractivity contribution in [3.63, 3.8) is 0 Å². The molecule has 10 nitrogen and oxygen atoms in total. The highest BCUT2D eigenvalue weighted by Gasteiger charge is 2.54. The van der Waals surface area contributed by atoms with Gasteiger partial charge in [0.05, 0.1) is 13.7 Å². The first kappa shape index (κ1) is 22.8. The molecule has 1 unspecified atom stereocenters. The molecule has 0 aliphatic carbocycles. The topological polar surface area (TPSA) is 125 Å². The summed E-state index contributed by atoms with van der Waals surface area (Å²) in [5.41, 5.74) is 0.0103. The lowest BCUT2D eigenvalue weighted by molar-refractivity contribution is -0.127. The van der Waals surface area contributed by atoms with E-state index in [1.54, 1.807) is 47.7 Å². The standard InChI is InChI=1S/C22H24N4O6S2/c1-32-16-4-5-17-14(11-16)12-25(19(17)27)13-22(20(28)23-21(29)24-22)15-6-8-26(9-7-15)34(30,31)18-3-2-10-33-18/h2-5,10-11,15H,6-9,12-13H2,1H3,(H2,23,24,28,29). The number of thiophene rings is 1. The van der Waals surface area contributed by atoms with E-state index in [4.69, 9.17) is 4.74 Å². The molecule has 0 bridgehead atoms. The van der Waals surface area contributed by atoms with Crippen LogP contribution in [0.5, 0.6) is 5.75 Å². The number of sulfonamides is 1. The summed E-state index contributed by atoms with van der Waals surface area (Å²) in [5, 5.41) is 6.82. The number of methoxy groups -OCH3 is 1. The molecule has 0 spiro atoms. The Bertz CT molecular complexity index is 1250. The third kappa shape index (κ3) is 3.65. The molecule has 4 amide bonds. The van der Waals surface area contributed by atoms with Gasteiger partial charge < -0.3 is 15.0 Å². The van der Waals surface area contributed by atoms with Crippen LogP contribution in [0.4, 0.5) is 4.79 Å². The second-order valence-electron chi connectivity index (χ2n) is 8.67. The van der Waals surface area contributed by atoms with Crippen LogP contribution in [-0.4, -0.2) is 67.8 Å². The highest BCUT2D eigenvalue weighted by atomic mass is 32.2. The van der Waals surface area contributed by atoms with Crippen LogP contribution in [0.3, 0.4) is 0 Å². The summed E-state index contributed by atoms with van der Waals surface area (Å²) >= 11 is 1.16. The lowest BCUT2D eigenvalue weighted by atomic mass is 9.77. The number of carbonyl (C=O) groups is 3. The van der Waals surface area contributed by atoms with E-state index in [-0.39, 0.29) is 35.7 Å². The quantitative estimate of drug-likeness (QED) is 0.573. The number of hydrogen-bond donors (Lipinski definition) is 2. The molecule has 1 aromatic heterocycles. The van der Waals surface area contributed by atoms with Crippen LogP contribution >= 0.6 is 11.3 Å². The van der Waals surface area contributed by atoms with Crippen molar-refractivity contribution in [1.29, 1.82) is 0 Å². The number of amides is 4. The highest BCUT2D eigenvalue weighted by Crippen LogP contribution is 2.36. The number of carbonyl (C=O) groups excluding carboxylic acids is 3. The maximum absolute atomic E-state index is 13.1. The highest BCUT2D eigenvalue weighted by molar-refractivity contribution is 7.91. The van der Waals surface area contributed by atoms with Gasteiger partial charge >= 0.3 is 6.03 Å². The summed E-state index contributed by atoms with van der Waals surface area (Å²) < 4.78 is 32.7. The zero-order valence-electron chi connectivity index (χ0n) is 18.4. The maximum atomic E-state index is 13.1. The van der Waals surface area contributed by atoms with Gasteiger partial charge in [-0.05, 0) is 54.0 Å². The molecular formula is C22H24N4O6S2. The minimum atomic E-state index is -3.60. The Morgan fingerprint density at radius 2 is 1.94 bits per heavy atom. The molecule has 4 heterocycles. The monoisotopic (exact) mass is 504 g/mol. The Labute approximate surface area is 200 Å². The van der Waals surface area contributed by atoms with Crippen molar-refractivity contribution in [3.05, 3.63) is 46.8 Å². The summed E-state index contributed by atoms with van der Waals surface area (Å²) in [7, 11) is -2.05. The molecule has 12 heteroatoms. The molecule has 3 aliphatic rings. The van der Waals surface area contributed by atoms with E-state index in [0.717, 1.165) is 16.9 Å². The zero-order valence-corrected chi connectivity index (χ0v) is 20.1. The van der Waals surface area contributed by atoms with Crippen LogP contribution in [0.2, 0.25) is 0 Å². The summed E-state index contributed by atoms with van der Waals surface area (Å²) in [6, 6.07) is 7.86. The van der Waals surface area contributed by atoms with Crippen LogP contribution in [0.15, 0.2) is 39.9 Å². The fourth-order valence-electron chi connectivity index (χ4n) is 5.07. The van der Waals surface area contributed by atoms with Crippen molar-refractivity contribution in [2.45, 2.75) is 29.1 Å². The third-order valence-electron chi connectivity index (χ3n) is 6.84. The van der Waals surface area contributed by atoms with E-state index in [9.17, 15) is 22.8 Å². The van der Waals surface area contributed by atoms with Gasteiger partial charge in [-0.25, -0.2) is 13.2 Å². The minimum absolute atomic E-state index is 0.00272. The van der Waals surface area contributed by atoms with Crippen LogP contribution in [0.25, 0.3) is 0 Å². The maximum Gasteiger partial charge on any atom is 0.322 e. The van der Waals surface area contributed by atoms with Crippen LogP contribution < -0.4 is 15.4 Å². The molecule has 1 aromatic carbocycles. The Morgan fingerprint density at radius 3 is 2.56 bits per heavy atom. The molecule has 1 atom stereocenters. The zero-order chi connectivity index (χ0) is 24.1. The predicted octanol–water partition coefficient (Wildman–Crippen LogP) is 1.39. The van der Waals surface area contributed by atoms with Gasteiger partial charge in [0, 0.05) is 25.2 Å². The Balaban J connectivity index is 1.36. The number of imide groups is 1. The fourth-order valence-corrected chi connectivity index (χ4v) is 7.69. The first-order valence-electron chi connectivity index (χ1n) is 10.9. The average Bonchev–Trinajstić information content (AvgIpc) is 3.54. The van der Waals surface area contributed by atoms with Gasteiger partial charge in [0.25, 0.3) is 21.8 Å². The van der Waals surface area contributed by atoms with E-state index in [2.05, 4.69) is 10.6 Å². The number of nitrogens with zero attached hydrogens (tertiary/aromatic N) is 2. The van der Waals surface area contributed by atoms with E-state index in [1.165, 1.54) is 4.31 Å². The first-order chi connectivity index (χ1) is 16.2. The van der Waals surface area contributed by atoms with Gasteiger partial charge in [0.2, 0.25) is 0 Å². The molecular weight excluding hydrogens is 480 g/mol. The SMILES string of the molecule is COc1ccc2c(c1)CN(CC1(C3CCN(S(=O)(=O)c4cccs4)CC3)NC(=O)NC1=O)C2=O. The number of piperidine rings is 1. The van der Waals surface area contributed by atoms with E-state index < -0.39 is 27.5 Å². The molecule has 5 rings (SSSR count). The second-order valence-corrected chi connectivity index (χ2v) is 11.8. The van der Waals surface area contributed by atoms with Crippen molar-refractivity contribution in [1.82, 2.24) is 19.8 Å². The molecule has 0 saturated carbocycles. The predicted molar refractivity (Wildman–Crippen MR) is 123 cm³/mol. The number of rotatable bonds is 6. The smallest absolute Gasteiger partial charge is 0.322 e. The molecule has 2 fully saturated rings. The molecule has 0 radical (unpaired) electrons. The third-order valence-corrected chi connectivity index (χ3v) is 10.1. The number of fused-ring (bicyclic) bond motifs is 1. The minimum Gasteiger partial charge on any atom is -0.497 e. The van der Waals surface area contributed by atoms with Crippen LogP contribution in [-0.2, 0) is 21.4 Å². The second kappa shape index (κ2) is 8.36. The number of hydrogen-bond acceptors (Lipinski definition) is 7.